The zero-order valence-corrected chi connectivity index (χ0v) is 9.58. The lowest BCUT2D eigenvalue weighted by Crippen LogP contribution is -2.14. The van der Waals surface area contributed by atoms with E-state index in [9.17, 15) is 9.59 Å². The Morgan fingerprint density at radius 1 is 1.33 bits per heavy atom. The number of aromatic nitrogens is 1. The number of carboxylic acid groups (broad SMARTS) is 2. The number of ether oxygens (including phenoxy) is 1. The van der Waals surface area contributed by atoms with Crippen LogP contribution < -0.4 is 4.74 Å². The Morgan fingerprint density at radius 3 is 2.61 bits per heavy atom. The number of carboxylic acids is 2. The van der Waals surface area contributed by atoms with Crippen molar-refractivity contribution < 1.29 is 24.5 Å². The minimum Gasteiger partial charge on any atom is -0.495 e. The second kappa shape index (κ2) is 4.40. The summed E-state index contributed by atoms with van der Waals surface area (Å²) in [5, 5.41) is 18.6. The van der Waals surface area contributed by atoms with Crippen LogP contribution in [0, 0.1) is 0 Å². The van der Waals surface area contributed by atoms with Crippen molar-refractivity contribution in [3.05, 3.63) is 30.0 Å². The van der Waals surface area contributed by atoms with Crippen molar-refractivity contribution in [2.75, 3.05) is 7.11 Å². The second-order valence-electron chi connectivity index (χ2n) is 3.71. The lowest BCUT2D eigenvalue weighted by atomic mass is 10.2. The van der Waals surface area contributed by atoms with Crippen LogP contribution in [0.3, 0.4) is 0 Å². The molecule has 0 saturated heterocycles. The Hall–Kier alpha value is -2.50. The molecule has 0 bridgehead atoms. The van der Waals surface area contributed by atoms with Gasteiger partial charge in [-0.15, -0.1) is 0 Å². The Balaban J connectivity index is 2.78. The molecule has 1 aromatic carbocycles. The number of methoxy groups -OCH3 is 1. The molecule has 6 nitrogen and oxygen atoms in total. The van der Waals surface area contributed by atoms with Gasteiger partial charge in [0.25, 0.3) is 0 Å². The average Bonchev–Trinajstić information content (AvgIpc) is 2.67. The summed E-state index contributed by atoms with van der Waals surface area (Å²) in [5.74, 6) is -1.84. The zero-order chi connectivity index (χ0) is 13.3. The molecule has 0 aliphatic rings. The summed E-state index contributed by atoms with van der Waals surface area (Å²) in [4.78, 5) is 21.9. The summed E-state index contributed by atoms with van der Waals surface area (Å²) < 4.78 is 6.36. The van der Waals surface area contributed by atoms with Gasteiger partial charge in [-0.1, -0.05) is 12.1 Å². The highest BCUT2D eigenvalue weighted by Crippen LogP contribution is 2.28. The number of aromatic carboxylic acids is 1. The quantitative estimate of drug-likeness (QED) is 0.855. The first kappa shape index (κ1) is 12.0. The molecule has 1 heterocycles. The largest absolute Gasteiger partial charge is 0.495 e. The number of benzene rings is 1. The molecule has 94 valence electrons. The van der Waals surface area contributed by atoms with Crippen LogP contribution in [0.25, 0.3) is 10.9 Å². The van der Waals surface area contributed by atoms with E-state index < -0.39 is 18.5 Å². The number of fused-ring (bicyclic) bond motifs is 1. The zero-order valence-electron chi connectivity index (χ0n) is 9.58. The summed E-state index contributed by atoms with van der Waals surface area (Å²) in [7, 11) is 1.45. The van der Waals surface area contributed by atoms with E-state index >= 15 is 0 Å². The van der Waals surface area contributed by atoms with Gasteiger partial charge in [0, 0.05) is 5.39 Å². The minimum absolute atomic E-state index is 0.0723. The maximum atomic E-state index is 11.1. The van der Waals surface area contributed by atoms with E-state index in [-0.39, 0.29) is 5.69 Å². The third-order valence-corrected chi connectivity index (χ3v) is 2.62. The van der Waals surface area contributed by atoms with Crippen molar-refractivity contribution >= 4 is 22.8 Å². The van der Waals surface area contributed by atoms with Crippen LogP contribution in [0.1, 0.15) is 10.5 Å². The van der Waals surface area contributed by atoms with Gasteiger partial charge in [-0.3, -0.25) is 4.79 Å². The Morgan fingerprint density at radius 2 is 2.06 bits per heavy atom. The summed E-state index contributed by atoms with van der Waals surface area (Å²) in [6.07, 6.45) is 0. The minimum atomic E-state index is -1.17. The van der Waals surface area contributed by atoms with Gasteiger partial charge in [0.2, 0.25) is 0 Å². The third kappa shape index (κ3) is 1.88. The Labute approximate surface area is 102 Å². The second-order valence-corrected chi connectivity index (χ2v) is 3.71. The lowest BCUT2D eigenvalue weighted by molar-refractivity contribution is -0.137. The topological polar surface area (TPSA) is 88.8 Å². The molecule has 2 N–H and O–H groups in total. The molecule has 0 fully saturated rings. The van der Waals surface area contributed by atoms with Gasteiger partial charge in [-0.25, -0.2) is 4.79 Å². The number of para-hydroxylation sites is 1. The maximum Gasteiger partial charge on any atom is 0.352 e. The first-order valence-electron chi connectivity index (χ1n) is 5.16. The van der Waals surface area contributed by atoms with Gasteiger partial charge in [0.05, 0.1) is 12.6 Å². The molecule has 2 aromatic rings. The molecule has 0 amide bonds. The summed E-state index contributed by atoms with van der Waals surface area (Å²) in [5.41, 5.74) is 0.400. The van der Waals surface area contributed by atoms with E-state index in [1.54, 1.807) is 18.2 Å². The van der Waals surface area contributed by atoms with Crippen LogP contribution in [0.5, 0.6) is 5.75 Å². The standard InChI is InChI=1S/C12H11NO5/c1-18-9-4-2-3-7-5-8(12(16)17)13(11(7)9)6-10(14)15/h2-5H,6H2,1H3,(H,14,15)(H,16,17). The van der Waals surface area contributed by atoms with Crippen molar-refractivity contribution in [2.24, 2.45) is 0 Å². The highest BCUT2D eigenvalue weighted by Gasteiger charge is 2.18. The number of aliphatic carboxylic acids is 1. The van der Waals surface area contributed by atoms with Gasteiger partial charge >= 0.3 is 11.9 Å². The van der Waals surface area contributed by atoms with Gasteiger partial charge in [-0.05, 0) is 12.1 Å². The molecular formula is C12H11NO5. The third-order valence-electron chi connectivity index (χ3n) is 2.62. The van der Waals surface area contributed by atoms with Gasteiger partial charge < -0.3 is 19.5 Å². The molecule has 0 saturated carbocycles. The monoisotopic (exact) mass is 249 g/mol. The van der Waals surface area contributed by atoms with Gasteiger partial charge in [0.15, 0.2) is 0 Å². The molecule has 0 unspecified atom stereocenters. The van der Waals surface area contributed by atoms with Crippen molar-refractivity contribution in [2.45, 2.75) is 6.54 Å². The average molecular weight is 249 g/mol. The number of carbonyl (C=O) groups is 2. The van der Waals surface area contributed by atoms with E-state index in [0.717, 1.165) is 0 Å². The van der Waals surface area contributed by atoms with Crippen LogP contribution in [-0.2, 0) is 11.3 Å². The molecule has 1 aromatic heterocycles. The smallest absolute Gasteiger partial charge is 0.352 e. The molecule has 0 radical (unpaired) electrons. The van der Waals surface area contributed by atoms with Crippen LogP contribution in [0.2, 0.25) is 0 Å². The molecule has 18 heavy (non-hydrogen) atoms. The number of nitrogens with zero attached hydrogens (tertiary/aromatic N) is 1. The maximum absolute atomic E-state index is 11.1. The number of hydrogen-bond acceptors (Lipinski definition) is 3. The van der Waals surface area contributed by atoms with Crippen molar-refractivity contribution in [3.63, 3.8) is 0 Å². The normalized spacial score (nSPS) is 10.5. The van der Waals surface area contributed by atoms with Crippen molar-refractivity contribution in [1.29, 1.82) is 0 Å². The van der Waals surface area contributed by atoms with Crippen LogP contribution >= 0.6 is 0 Å². The van der Waals surface area contributed by atoms with E-state index in [1.807, 2.05) is 0 Å². The highest BCUT2D eigenvalue weighted by atomic mass is 16.5. The highest BCUT2D eigenvalue weighted by molar-refractivity contribution is 5.97. The van der Waals surface area contributed by atoms with Gasteiger partial charge in [0.1, 0.15) is 18.0 Å². The van der Waals surface area contributed by atoms with Crippen molar-refractivity contribution in [1.82, 2.24) is 4.57 Å². The molecule has 2 rings (SSSR count). The SMILES string of the molecule is COc1cccc2cc(C(=O)O)n(CC(=O)O)c12. The van der Waals surface area contributed by atoms with Crippen LogP contribution in [0.4, 0.5) is 0 Å². The lowest BCUT2D eigenvalue weighted by Gasteiger charge is -2.08. The van der Waals surface area contributed by atoms with E-state index in [1.165, 1.54) is 17.7 Å². The van der Waals surface area contributed by atoms with E-state index in [4.69, 9.17) is 14.9 Å². The van der Waals surface area contributed by atoms with Crippen LogP contribution in [0.15, 0.2) is 24.3 Å². The molecule has 0 aliphatic carbocycles. The molecule has 0 spiro atoms. The fourth-order valence-corrected chi connectivity index (χ4v) is 1.93. The van der Waals surface area contributed by atoms with E-state index in [0.29, 0.717) is 16.7 Å². The predicted molar refractivity (Wildman–Crippen MR) is 63.1 cm³/mol. The summed E-state index contributed by atoms with van der Waals surface area (Å²) in [6, 6.07) is 6.52. The molecule has 0 aliphatic heterocycles. The van der Waals surface area contributed by atoms with E-state index in [2.05, 4.69) is 0 Å². The first-order chi connectivity index (χ1) is 8.54. The molecule has 6 heteroatoms. The van der Waals surface area contributed by atoms with Crippen molar-refractivity contribution in [3.8, 4) is 5.75 Å². The Kier molecular flexibility index (Phi) is 2.93. The number of hydrogen-bond donors (Lipinski definition) is 2. The van der Waals surface area contributed by atoms with Crippen LogP contribution in [-0.4, -0.2) is 33.8 Å². The Bertz CT molecular complexity index is 629. The number of rotatable bonds is 4. The summed E-state index contributed by atoms with van der Waals surface area (Å²) in [6.45, 7) is -0.425. The molecular weight excluding hydrogens is 238 g/mol. The summed E-state index contributed by atoms with van der Waals surface area (Å²) >= 11 is 0. The van der Waals surface area contributed by atoms with Gasteiger partial charge in [-0.2, -0.15) is 0 Å². The fourth-order valence-electron chi connectivity index (χ4n) is 1.93. The predicted octanol–water partition coefficient (Wildman–Crippen LogP) is 1.43. The first-order valence-corrected chi connectivity index (χ1v) is 5.16. The fraction of sp³-hybridized carbons (Fsp3) is 0.167. The molecule has 0 atom stereocenters.